The average Bonchev–Trinajstić information content (AvgIpc) is 2.86. The molecular formula is C13H28N2. The molecular weight excluding hydrogens is 184 g/mol. The van der Waals surface area contributed by atoms with Gasteiger partial charge in [-0.1, -0.05) is 20.8 Å². The van der Waals surface area contributed by atoms with Crippen molar-refractivity contribution in [2.75, 3.05) is 33.2 Å². The maximum absolute atomic E-state index is 3.53. The fraction of sp³-hybridized carbons (Fsp3) is 1.00. The van der Waals surface area contributed by atoms with Crippen molar-refractivity contribution in [1.82, 2.24) is 10.2 Å². The molecule has 1 aliphatic carbocycles. The highest BCUT2D eigenvalue weighted by atomic mass is 15.1. The van der Waals surface area contributed by atoms with Crippen LogP contribution in [0.15, 0.2) is 0 Å². The molecule has 1 N–H and O–H groups in total. The van der Waals surface area contributed by atoms with E-state index in [9.17, 15) is 0 Å². The van der Waals surface area contributed by atoms with Crippen LogP contribution in [-0.4, -0.2) is 38.1 Å². The second kappa shape index (κ2) is 6.49. The van der Waals surface area contributed by atoms with Crippen LogP contribution in [0.4, 0.5) is 0 Å². The first kappa shape index (κ1) is 13.0. The van der Waals surface area contributed by atoms with Gasteiger partial charge in [-0.15, -0.1) is 0 Å². The van der Waals surface area contributed by atoms with E-state index in [0.29, 0.717) is 0 Å². The van der Waals surface area contributed by atoms with Crippen LogP contribution in [0.25, 0.3) is 0 Å². The highest BCUT2D eigenvalue weighted by Gasteiger charge is 2.23. The minimum Gasteiger partial charge on any atom is -0.316 e. The zero-order valence-corrected chi connectivity index (χ0v) is 10.9. The first-order valence-electron chi connectivity index (χ1n) is 6.47. The summed E-state index contributed by atoms with van der Waals surface area (Å²) in [4.78, 5) is 2.50. The third kappa shape index (κ3) is 6.91. The van der Waals surface area contributed by atoms with Crippen LogP contribution in [0.3, 0.4) is 0 Å². The van der Waals surface area contributed by atoms with Gasteiger partial charge in [0.05, 0.1) is 0 Å². The molecule has 1 fully saturated rings. The molecule has 90 valence electrons. The van der Waals surface area contributed by atoms with Gasteiger partial charge in [0.15, 0.2) is 0 Å². The third-order valence-corrected chi connectivity index (χ3v) is 2.94. The Hall–Kier alpha value is -0.0800. The average molecular weight is 212 g/mol. The van der Waals surface area contributed by atoms with Gasteiger partial charge in [0, 0.05) is 13.1 Å². The summed E-state index contributed by atoms with van der Waals surface area (Å²) in [5.41, 5.74) is 0. The Kier molecular flexibility index (Phi) is 5.62. The van der Waals surface area contributed by atoms with Crippen molar-refractivity contribution in [2.45, 2.75) is 33.6 Å². The van der Waals surface area contributed by atoms with E-state index in [1.54, 1.807) is 0 Å². The number of hydrogen-bond donors (Lipinski definition) is 1. The molecule has 0 aromatic carbocycles. The van der Waals surface area contributed by atoms with Crippen molar-refractivity contribution in [3.8, 4) is 0 Å². The second-order valence-electron chi connectivity index (χ2n) is 5.82. The Balaban J connectivity index is 1.98. The predicted octanol–water partition coefficient (Wildman–Crippen LogP) is 2.21. The Labute approximate surface area is 95.4 Å². The zero-order chi connectivity index (χ0) is 11.3. The minimum atomic E-state index is 0.765. The third-order valence-electron chi connectivity index (χ3n) is 2.94. The maximum Gasteiger partial charge on any atom is 0.00162 e. The van der Waals surface area contributed by atoms with Gasteiger partial charge < -0.3 is 10.2 Å². The summed E-state index contributed by atoms with van der Waals surface area (Å²) >= 11 is 0. The molecule has 0 spiro atoms. The largest absolute Gasteiger partial charge is 0.316 e. The fourth-order valence-corrected chi connectivity index (χ4v) is 2.03. The SMILES string of the molecule is CC(C)CNCC(C)CN(C)CC1CC1. The van der Waals surface area contributed by atoms with Crippen LogP contribution in [-0.2, 0) is 0 Å². The van der Waals surface area contributed by atoms with Gasteiger partial charge in [-0.3, -0.25) is 0 Å². The molecule has 1 rings (SSSR count). The van der Waals surface area contributed by atoms with Gasteiger partial charge >= 0.3 is 0 Å². The number of nitrogens with one attached hydrogen (secondary N) is 1. The Morgan fingerprint density at radius 3 is 2.40 bits per heavy atom. The van der Waals surface area contributed by atoms with E-state index in [-0.39, 0.29) is 0 Å². The summed E-state index contributed by atoms with van der Waals surface area (Å²) < 4.78 is 0. The molecule has 15 heavy (non-hydrogen) atoms. The molecule has 0 heterocycles. The van der Waals surface area contributed by atoms with E-state index < -0.39 is 0 Å². The topological polar surface area (TPSA) is 15.3 Å². The second-order valence-corrected chi connectivity index (χ2v) is 5.82. The normalized spacial score (nSPS) is 18.8. The molecule has 0 amide bonds. The fourth-order valence-electron chi connectivity index (χ4n) is 2.03. The number of rotatable bonds is 8. The molecule has 0 bridgehead atoms. The first-order valence-corrected chi connectivity index (χ1v) is 6.47. The highest BCUT2D eigenvalue weighted by Crippen LogP contribution is 2.29. The standard InChI is InChI=1S/C13H28N2/c1-11(2)7-14-8-12(3)9-15(4)10-13-5-6-13/h11-14H,5-10H2,1-4H3. The van der Waals surface area contributed by atoms with Crippen LogP contribution in [0.5, 0.6) is 0 Å². The van der Waals surface area contributed by atoms with Gasteiger partial charge in [0.1, 0.15) is 0 Å². The van der Waals surface area contributed by atoms with Gasteiger partial charge in [0.25, 0.3) is 0 Å². The lowest BCUT2D eigenvalue weighted by Crippen LogP contribution is -2.33. The molecule has 1 aliphatic rings. The summed E-state index contributed by atoms with van der Waals surface area (Å²) in [5, 5.41) is 3.53. The summed E-state index contributed by atoms with van der Waals surface area (Å²) in [6.07, 6.45) is 2.93. The molecule has 2 nitrogen and oxygen atoms in total. The van der Waals surface area contributed by atoms with Gasteiger partial charge in [-0.25, -0.2) is 0 Å². The number of nitrogens with zero attached hydrogens (tertiary/aromatic N) is 1. The zero-order valence-electron chi connectivity index (χ0n) is 10.9. The summed E-state index contributed by atoms with van der Waals surface area (Å²) in [6, 6.07) is 0. The molecule has 0 radical (unpaired) electrons. The van der Waals surface area contributed by atoms with Crippen LogP contribution in [0, 0.1) is 17.8 Å². The van der Waals surface area contributed by atoms with Crippen molar-refractivity contribution in [3.63, 3.8) is 0 Å². The minimum absolute atomic E-state index is 0.765. The summed E-state index contributed by atoms with van der Waals surface area (Å²) in [7, 11) is 2.26. The molecule has 0 aromatic rings. The van der Waals surface area contributed by atoms with Crippen LogP contribution >= 0.6 is 0 Å². The molecule has 0 saturated heterocycles. The Morgan fingerprint density at radius 2 is 1.87 bits per heavy atom. The lowest BCUT2D eigenvalue weighted by molar-refractivity contribution is 0.270. The molecule has 0 aliphatic heterocycles. The molecule has 1 atom stereocenters. The van der Waals surface area contributed by atoms with Crippen molar-refractivity contribution in [2.24, 2.45) is 17.8 Å². The van der Waals surface area contributed by atoms with E-state index >= 15 is 0 Å². The molecule has 1 saturated carbocycles. The van der Waals surface area contributed by atoms with Crippen LogP contribution in [0.1, 0.15) is 33.6 Å². The van der Waals surface area contributed by atoms with E-state index in [1.807, 2.05) is 0 Å². The summed E-state index contributed by atoms with van der Waals surface area (Å²) in [6.45, 7) is 11.7. The molecule has 2 heteroatoms. The molecule has 1 unspecified atom stereocenters. The van der Waals surface area contributed by atoms with Crippen molar-refractivity contribution >= 4 is 0 Å². The quantitative estimate of drug-likeness (QED) is 0.663. The predicted molar refractivity (Wildman–Crippen MR) is 67.1 cm³/mol. The van der Waals surface area contributed by atoms with Gasteiger partial charge in [0.2, 0.25) is 0 Å². The Bertz CT molecular complexity index is 164. The van der Waals surface area contributed by atoms with Crippen LogP contribution < -0.4 is 5.32 Å². The van der Waals surface area contributed by atoms with Gasteiger partial charge in [-0.2, -0.15) is 0 Å². The van der Waals surface area contributed by atoms with Crippen molar-refractivity contribution < 1.29 is 0 Å². The lowest BCUT2D eigenvalue weighted by Gasteiger charge is -2.21. The van der Waals surface area contributed by atoms with E-state index in [4.69, 9.17) is 0 Å². The lowest BCUT2D eigenvalue weighted by atomic mass is 10.1. The first-order chi connectivity index (χ1) is 7.08. The monoisotopic (exact) mass is 212 g/mol. The van der Waals surface area contributed by atoms with E-state index in [0.717, 1.165) is 30.8 Å². The Morgan fingerprint density at radius 1 is 1.20 bits per heavy atom. The van der Waals surface area contributed by atoms with Gasteiger partial charge in [-0.05, 0) is 50.7 Å². The van der Waals surface area contributed by atoms with E-state index in [2.05, 4.69) is 38.0 Å². The maximum atomic E-state index is 3.53. The number of hydrogen-bond acceptors (Lipinski definition) is 2. The smallest absolute Gasteiger partial charge is 0.00162 e. The van der Waals surface area contributed by atoms with Crippen molar-refractivity contribution in [1.29, 1.82) is 0 Å². The molecule has 0 aromatic heterocycles. The summed E-state index contributed by atoms with van der Waals surface area (Å²) in [5.74, 6) is 2.56. The highest BCUT2D eigenvalue weighted by molar-refractivity contribution is 4.76. The van der Waals surface area contributed by atoms with Crippen LogP contribution in [0.2, 0.25) is 0 Å². The van der Waals surface area contributed by atoms with Crippen molar-refractivity contribution in [3.05, 3.63) is 0 Å². The van der Waals surface area contributed by atoms with E-state index in [1.165, 1.54) is 25.9 Å².